The fourth-order valence-corrected chi connectivity index (χ4v) is 2.24. The van der Waals surface area contributed by atoms with Crippen LogP contribution in [0.5, 0.6) is 0 Å². The highest BCUT2D eigenvalue weighted by atomic mass is 14.1. The Balaban J connectivity index is 2.63. The van der Waals surface area contributed by atoms with Gasteiger partial charge in [-0.05, 0) is 48.1 Å². The number of hydrogen-bond donors (Lipinski definition) is 0. The van der Waals surface area contributed by atoms with Gasteiger partial charge in [-0.2, -0.15) is 0 Å². The van der Waals surface area contributed by atoms with Crippen molar-refractivity contribution in [3.05, 3.63) is 71.8 Å². The van der Waals surface area contributed by atoms with E-state index in [0.29, 0.717) is 0 Å². The van der Waals surface area contributed by atoms with Crippen LogP contribution in [0.4, 0.5) is 0 Å². The van der Waals surface area contributed by atoms with E-state index in [1.54, 1.807) is 0 Å². The van der Waals surface area contributed by atoms with Crippen LogP contribution < -0.4 is 0 Å². The summed E-state index contributed by atoms with van der Waals surface area (Å²) in [4.78, 5) is 0. The molecule has 0 N–H and O–H groups in total. The summed E-state index contributed by atoms with van der Waals surface area (Å²) >= 11 is 0. The van der Waals surface area contributed by atoms with Gasteiger partial charge in [-0.15, -0.1) is 6.58 Å². The SMILES string of the molecule is C=CCc1c(C)cccc1-c1ccccc1C. The quantitative estimate of drug-likeness (QED) is 0.660. The molecule has 0 heteroatoms. The monoisotopic (exact) mass is 222 g/mol. The predicted molar refractivity (Wildman–Crippen MR) is 75.3 cm³/mol. The van der Waals surface area contributed by atoms with Crippen LogP contribution in [-0.4, -0.2) is 0 Å². The van der Waals surface area contributed by atoms with Crippen molar-refractivity contribution in [1.82, 2.24) is 0 Å². The van der Waals surface area contributed by atoms with Crippen LogP contribution in [0.2, 0.25) is 0 Å². The maximum absolute atomic E-state index is 3.85. The highest BCUT2D eigenvalue weighted by molar-refractivity contribution is 5.71. The van der Waals surface area contributed by atoms with Gasteiger partial charge in [0, 0.05) is 0 Å². The highest BCUT2D eigenvalue weighted by Crippen LogP contribution is 2.29. The van der Waals surface area contributed by atoms with E-state index >= 15 is 0 Å². The molecule has 2 aromatic carbocycles. The van der Waals surface area contributed by atoms with Gasteiger partial charge in [0.05, 0.1) is 0 Å². The molecule has 0 aliphatic carbocycles. The Morgan fingerprint density at radius 1 is 0.882 bits per heavy atom. The van der Waals surface area contributed by atoms with Gasteiger partial charge in [0.1, 0.15) is 0 Å². The second kappa shape index (κ2) is 5.01. The van der Waals surface area contributed by atoms with Crippen molar-refractivity contribution >= 4 is 0 Å². The Hall–Kier alpha value is -1.82. The van der Waals surface area contributed by atoms with Crippen LogP contribution in [0, 0.1) is 13.8 Å². The summed E-state index contributed by atoms with van der Waals surface area (Å²) in [5.41, 5.74) is 6.71. The van der Waals surface area contributed by atoms with E-state index in [4.69, 9.17) is 0 Å². The second-order valence-electron chi connectivity index (χ2n) is 4.41. The van der Waals surface area contributed by atoms with E-state index in [9.17, 15) is 0 Å². The Labute approximate surface area is 104 Å². The Morgan fingerprint density at radius 3 is 2.24 bits per heavy atom. The number of aryl methyl sites for hydroxylation is 2. The number of rotatable bonds is 3. The van der Waals surface area contributed by atoms with Gasteiger partial charge in [0.2, 0.25) is 0 Å². The van der Waals surface area contributed by atoms with Crippen molar-refractivity contribution in [2.75, 3.05) is 0 Å². The molecule has 0 fully saturated rings. The maximum atomic E-state index is 3.85. The molecular formula is C17H18. The van der Waals surface area contributed by atoms with Crippen LogP contribution >= 0.6 is 0 Å². The Bertz CT molecular complexity index is 535. The standard InChI is InChI=1S/C17H18/c1-4-8-15-14(3)10-7-12-17(15)16-11-6-5-9-13(16)2/h4-7,9-12H,1,8H2,2-3H3. The molecule has 0 saturated heterocycles. The zero-order valence-corrected chi connectivity index (χ0v) is 10.5. The van der Waals surface area contributed by atoms with E-state index in [2.05, 4.69) is 62.9 Å². The molecule has 0 aliphatic heterocycles. The molecule has 0 heterocycles. The lowest BCUT2D eigenvalue weighted by atomic mass is 9.92. The van der Waals surface area contributed by atoms with Gasteiger partial charge >= 0.3 is 0 Å². The largest absolute Gasteiger partial charge is 0.103 e. The first kappa shape index (κ1) is 11.7. The molecule has 0 spiro atoms. The molecule has 0 saturated carbocycles. The van der Waals surface area contributed by atoms with Crippen molar-refractivity contribution in [2.24, 2.45) is 0 Å². The van der Waals surface area contributed by atoms with Gasteiger partial charge in [-0.3, -0.25) is 0 Å². The van der Waals surface area contributed by atoms with E-state index in [1.807, 2.05) is 6.08 Å². The maximum Gasteiger partial charge on any atom is -0.00913 e. The van der Waals surface area contributed by atoms with E-state index in [1.165, 1.54) is 27.8 Å². The van der Waals surface area contributed by atoms with E-state index in [0.717, 1.165) is 6.42 Å². The van der Waals surface area contributed by atoms with Crippen LogP contribution in [0.25, 0.3) is 11.1 Å². The molecule has 0 aliphatic rings. The minimum atomic E-state index is 0.927. The van der Waals surface area contributed by atoms with Gasteiger partial charge in [0.15, 0.2) is 0 Å². The molecule has 86 valence electrons. The first-order valence-corrected chi connectivity index (χ1v) is 5.99. The summed E-state index contributed by atoms with van der Waals surface area (Å²) in [6.45, 7) is 8.18. The van der Waals surface area contributed by atoms with Crippen LogP contribution in [0.1, 0.15) is 16.7 Å². The normalized spacial score (nSPS) is 10.2. The van der Waals surface area contributed by atoms with Gasteiger partial charge < -0.3 is 0 Å². The van der Waals surface area contributed by atoms with Crippen molar-refractivity contribution in [3.8, 4) is 11.1 Å². The molecule has 0 nitrogen and oxygen atoms in total. The summed E-state index contributed by atoms with van der Waals surface area (Å²) in [6, 6.07) is 15.0. The molecule has 0 atom stereocenters. The molecule has 0 bridgehead atoms. The smallest absolute Gasteiger partial charge is 0.00913 e. The molecule has 2 aromatic rings. The fraction of sp³-hybridized carbons (Fsp3) is 0.176. The van der Waals surface area contributed by atoms with Crippen molar-refractivity contribution < 1.29 is 0 Å². The van der Waals surface area contributed by atoms with Crippen LogP contribution in [-0.2, 0) is 6.42 Å². The average molecular weight is 222 g/mol. The number of allylic oxidation sites excluding steroid dienone is 1. The number of benzene rings is 2. The van der Waals surface area contributed by atoms with Gasteiger partial charge in [0.25, 0.3) is 0 Å². The summed E-state index contributed by atoms with van der Waals surface area (Å²) < 4.78 is 0. The third-order valence-corrected chi connectivity index (χ3v) is 3.19. The number of hydrogen-bond acceptors (Lipinski definition) is 0. The van der Waals surface area contributed by atoms with Crippen LogP contribution in [0.15, 0.2) is 55.1 Å². The van der Waals surface area contributed by atoms with Crippen molar-refractivity contribution in [2.45, 2.75) is 20.3 Å². The zero-order valence-electron chi connectivity index (χ0n) is 10.5. The summed E-state index contributed by atoms with van der Waals surface area (Å²) in [7, 11) is 0. The first-order chi connectivity index (χ1) is 8.24. The average Bonchev–Trinajstić information content (AvgIpc) is 2.33. The topological polar surface area (TPSA) is 0 Å². The lowest BCUT2D eigenvalue weighted by Crippen LogP contribution is -1.93. The van der Waals surface area contributed by atoms with Crippen molar-refractivity contribution in [1.29, 1.82) is 0 Å². The lowest BCUT2D eigenvalue weighted by molar-refractivity contribution is 1.22. The minimum absolute atomic E-state index is 0.927. The molecule has 0 amide bonds. The molecule has 0 aromatic heterocycles. The zero-order chi connectivity index (χ0) is 12.3. The van der Waals surface area contributed by atoms with Gasteiger partial charge in [-0.1, -0.05) is 48.5 Å². The van der Waals surface area contributed by atoms with Crippen LogP contribution in [0.3, 0.4) is 0 Å². The predicted octanol–water partition coefficient (Wildman–Crippen LogP) is 4.70. The summed E-state index contributed by atoms with van der Waals surface area (Å²) in [5, 5.41) is 0. The Kier molecular flexibility index (Phi) is 3.43. The third kappa shape index (κ3) is 2.31. The van der Waals surface area contributed by atoms with E-state index in [-0.39, 0.29) is 0 Å². The molecule has 17 heavy (non-hydrogen) atoms. The molecular weight excluding hydrogens is 204 g/mol. The molecule has 2 rings (SSSR count). The van der Waals surface area contributed by atoms with Gasteiger partial charge in [-0.25, -0.2) is 0 Å². The molecule has 0 radical (unpaired) electrons. The fourth-order valence-electron chi connectivity index (χ4n) is 2.24. The first-order valence-electron chi connectivity index (χ1n) is 5.99. The van der Waals surface area contributed by atoms with Crippen molar-refractivity contribution in [3.63, 3.8) is 0 Å². The minimum Gasteiger partial charge on any atom is -0.103 e. The second-order valence-corrected chi connectivity index (χ2v) is 4.41. The molecule has 0 unspecified atom stereocenters. The van der Waals surface area contributed by atoms with E-state index < -0.39 is 0 Å². The Morgan fingerprint density at radius 2 is 1.53 bits per heavy atom. The third-order valence-electron chi connectivity index (χ3n) is 3.19. The lowest BCUT2D eigenvalue weighted by Gasteiger charge is -2.13. The summed E-state index contributed by atoms with van der Waals surface area (Å²) in [5.74, 6) is 0. The highest BCUT2D eigenvalue weighted by Gasteiger charge is 2.07. The summed E-state index contributed by atoms with van der Waals surface area (Å²) in [6.07, 6.45) is 2.90.